The molecule has 2 N–H and O–H groups in total. The molecule has 0 saturated heterocycles. The van der Waals surface area contributed by atoms with E-state index in [0.29, 0.717) is 22.2 Å². The summed E-state index contributed by atoms with van der Waals surface area (Å²) in [6.07, 6.45) is 0. The summed E-state index contributed by atoms with van der Waals surface area (Å²) < 4.78 is 1.73. The fourth-order valence-electron chi connectivity index (χ4n) is 2.87. The van der Waals surface area contributed by atoms with Gasteiger partial charge in [0.15, 0.2) is 11.0 Å². The highest BCUT2D eigenvalue weighted by molar-refractivity contribution is 7.99. The van der Waals surface area contributed by atoms with Crippen LogP contribution in [-0.2, 0) is 11.8 Å². The first-order chi connectivity index (χ1) is 15.2. The monoisotopic (exact) mass is 454 g/mol. The van der Waals surface area contributed by atoms with Crippen LogP contribution >= 0.6 is 11.8 Å². The van der Waals surface area contributed by atoms with Crippen LogP contribution in [-0.4, -0.2) is 37.3 Å². The van der Waals surface area contributed by atoms with Gasteiger partial charge in [-0.25, -0.2) is 0 Å². The number of thioether (sulfide) groups is 1. The number of hydrogen-bond donors (Lipinski definition) is 2. The Morgan fingerprint density at radius 1 is 1.12 bits per heavy atom. The number of benzene rings is 2. The third kappa shape index (κ3) is 5.70. The number of anilines is 1. The highest BCUT2D eigenvalue weighted by atomic mass is 32.2. The molecule has 1 aromatic heterocycles. The van der Waals surface area contributed by atoms with E-state index >= 15 is 0 Å². The first-order valence-electron chi connectivity index (χ1n) is 9.68. The topological polar surface area (TPSA) is 132 Å². The standard InChI is InChI=1S/C21H22N6O4S/c1-13-4-6-15(7-5-13)20(29)22-14(2)19-24-25-21(26(19)3)32-12-18(28)23-16-8-10-17(11-9-16)27(30)31/h4-11,14H,12H2,1-3H3,(H,22,29)(H,23,28)/t14-/m0/s1. The summed E-state index contributed by atoms with van der Waals surface area (Å²) in [7, 11) is 1.76. The summed E-state index contributed by atoms with van der Waals surface area (Å²) in [5.74, 6) is 0.141. The number of nitro benzene ring substituents is 1. The van der Waals surface area contributed by atoms with Gasteiger partial charge in [-0.05, 0) is 38.1 Å². The highest BCUT2D eigenvalue weighted by Gasteiger charge is 2.19. The lowest BCUT2D eigenvalue weighted by Gasteiger charge is -2.13. The van der Waals surface area contributed by atoms with Crippen molar-refractivity contribution >= 4 is 35.0 Å². The third-order valence-electron chi connectivity index (χ3n) is 4.61. The number of nitrogens with one attached hydrogen (secondary N) is 2. The number of nitro groups is 1. The molecule has 1 atom stereocenters. The van der Waals surface area contributed by atoms with E-state index in [1.165, 1.54) is 36.0 Å². The zero-order chi connectivity index (χ0) is 23.3. The van der Waals surface area contributed by atoms with Gasteiger partial charge < -0.3 is 15.2 Å². The predicted molar refractivity (Wildman–Crippen MR) is 121 cm³/mol. The Hall–Kier alpha value is -3.73. The van der Waals surface area contributed by atoms with Crippen LogP contribution in [0.5, 0.6) is 0 Å². The van der Waals surface area contributed by atoms with E-state index in [0.717, 1.165) is 5.56 Å². The lowest BCUT2D eigenvalue weighted by molar-refractivity contribution is -0.384. The molecule has 0 aliphatic carbocycles. The Kier molecular flexibility index (Phi) is 7.21. The van der Waals surface area contributed by atoms with E-state index < -0.39 is 4.92 Å². The van der Waals surface area contributed by atoms with Crippen molar-refractivity contribution in [2.24, 2.45) is 7.05 Å². The summed E-state index contributed by atoms with van der Waals surface area (Å²) in [5.41, 5.74) is 2.05. The maximum Gasteiger partial charge on any atom is 0.269 e. The highest BCUT2D eigenvalue weighted by Crippen LogP contribution is 2.20. The zero-order valence-electron chi connectivity index (χ0n) is 17.7. The number of aromatic nitrogens is 3. The van der Waals surface area contributed by atoms with Crippen LogP contribution in [0.1, 0.15) is 34.7 Å². The van der Waals surface area contributed by atoms with Crippen LogP contribution in [0.4, 0.5) is 11.4 Å². The Morgan fingerprint density at radius 2 is 1.78 bits per heavy atom. The fraction of sp³-hybridized carbons (Fsp3) is 0.238. The molecule has 3 rings (SSSR count). The molecular weight excluding hydrogens is 432 g/mol. The van der Waals surface area contributed by atoms with Gasteiger partial charge in [0.2, 0.25) is 5.91 Å². The Bertz CT molecular complexity index is 1130. The second kappa shape index (κ2) is 10.1. The van der Waals surface area contributed by atoms with E-state index in [-0.39, 0.29) is 29.3 Å². The van der Waals surface area contributed by atoms with Gasteiger partial charge in [0.25, 0.3) is 11.6 Å². The molecule has 3 aromatic rings. The van der Waals surface area contributed by atoms with Crippen molar-refractivity contribution in [3.8, 4) is 0 Å². The number of carbonyl (C=O) groups is 2. The summed E-state index contributed by atoms with van der Waals surface area (Å²) in [6, 6.07) is 12.5. The van der Waals surface area contributed by atoms with E-state index in [1.54, 1.807) is 23.7 Å². The van der Waals surface area contributed by atoms with Crippen LogP contribution in [0.25, 0.3) is 0 Å². The Balaban J connectivity index is 1.55. The molecule has 2 aromatic carbocycles. The van der Waals surface area contributed by atoms with Crippen molar-refractivity contribution in [1.29, 1.82) is 0 Å². The zero-order valence-corrected chi connectivity index (χ0v) is 18.5. The number of amides is 2. The van der Waals surface area contributed by atoms with Gasteiger partial charge in [0.1, 0.15) is 0 Å². The molecule has 0 saturated carbocycles. The molecule has 2 amide bonds. The molecule has 1 heterocycles. The van der Waals surface area contributed by atoms with Crippen molar-refractivity contribution in [2.45, 2.75) is 25.0 Å². The number of rotatable bonds is 8. The summed E-state index contributed by atoms with van der Waals surface area (Å²) in [5, 5.41) is 25.0. The first kappa shape index (κ1) is 22.9. The quantitative estimate of drug-likeness (QED) is 0.303. The molecule has 166 valence electrons. The van der Waals surface area contributed by atoms with E-state index in [9.17, 15) is 19.7 Å². The predicted octanol–water partition coefficient (Wildman–Crippen LogP) is 3.25. The SMILES string of the molecule is Cc1ccc(C(=O)N[C@@H](C)c2nnc(SCC(=O)Nc3ccc([N+](=O)[O-])cc3)n2C)cc1. The van der Waals surface area contributed by atoms with Crippen molar-refractivity contribution in [3.63, 3.8) is 0 Å². The van der Waals surface area contributed by atoms with E-state index in [1.807, 2.05) is 26.0 Å². The normalized spacial score (nSPS) is 11.6. The maximum atomic E-state index is 12.4. The molecule has 0 fully saturated rings. The van der Waals surface area contributed by atoms with Gasteiger partial charge in [-0.1, -0.05) is 29.5 Å². The number of non-ortho nitro benzene ring substituents is 1. The summed E-state index contributed by atoms with van der Waals surface area (Å²) in [4.78, 5) is 34.8. The van der Waals surface area contributed by atoms with Gasteiger partial charge in [0.05, 0.1) is 16.7 Å². The molecule has 0 unspecified atom stereocenters. The Morgan fingerprint density at radius 3 is 2.41 bits per heavy atom. The third-order valence-corrected chi connectivity index (χ3v) is 5.63. The number of aryl methyl sites for hydroxylation is 1. The molecule has 0 spiro atoms. The van der Waals surface area contributed by atoms with Gasteiger partial charge in [0, 0.05) is 30.4 Å². The molecule has 10 nitrogen and oxygen atoms in total. The minimum atomic E-state index is -0.503. The van der Waals surface area contributed by atoms with Gasteiger partial charge in [-0.2, -0.15) is 0 Å². The lowest BCUT2D eigenvalue weighted by atomic mass is 10.1. The average molecular weight is 455 g/mol. The van der Waals surface area contributed by atoms with E-state index in [2.05, 4.69) is 20.8 Å². The minimum Gasteiger partial charge on any atom is -0.342 e. The lowest BCUT2D eigenvalue weighted by Crippen LogP contribution is -2.28. The maximum absolute atomic E-state index is 12.4. The van der Waals surface area contributed by atoms with Gasteiger partial charge in [-0.15, -0.1) is 10.2 Å². The molecule has 0 aliphatic heterocycles. The van der Waals surface area contributed by atoms with Gasteiger partial charge >= 0.3 is 0 Å². The molecule has 0 radical (unpaired) electrons. The first-order valence-corrected chi connectivity index (χ1v) is 10.7. The summed E-state index contributed by atoms with van der Waals surface area (Å²) >= 11 is 1.19. The fourth-order valence-corrected chi connectivity index (χ4v) is 3.59. The Labute approximate surface area is 188 Å². The number of carbonyl (C=O) groups excluding carboxylic acids is 2. The van der Waals surface area contributed by atoms with Crippen molar-refractivity contribution < 1.29 is 14.5 Å². The number of nitrogens with zero attached hydrogens (tertiary/aromatic N) is 4. The van der Waals surface area contributed by atoms with Crippen LogP contribution in [0.3, 0.4) is 0 Å². The van der Waals surface area contributed by atoms with Crippen LogP contribution in [0.2, 0.25) is 0 Å². The molecule has 0 aliphatic rings. The smallest absolute Gasteiger partial charge is 0.269 e. The number of hydrogen-bond acceptors (Lipinski definition) is 7. The van der Waals surface area contributed by atoms with Gasteiger partial charge in [-0.3, -0.25) is 19.7 Å². The second-order valence-electron chi connectivity index (χ2n) is 7.10. The van der Waals surface area contributed by atoms with Crippen molar-refractivity contribution in [3.05, 3.63) is 75.6 Å². The van der Waals surface area contributed by atoms with Crippen LogP contribution in [0.15, 0.2) is 53.7 Å². The average Bonchev–Trinajstić information content (AvgIpc) is 3.13. The summed E-state index contributed by atoms with van der Waals surface area (Å²) in [6.45, 7) is 3.76. The van der Waals surface area contributed by atoms with Crippen molar-refractivity contribution in [1.82, 2.24) is 20.1 Å². The second-order valence-corrected chi connectivity index (χ2v) is 8.04. The molecule has 11 heteroatoms. The van der Waals surface area contributed by atoms with E-state index in [4.69, 9.17) is 0 Å². The molecule has 32 heavy (non-hydrogen) atoms. The minimum absolute atomic E-state index is 0.0485. The molecule has 0 bridgehead atoms. The van der Waals surface area contributed by atoms with Crippen LogP contribution < -0.4 is 10.6 Å². The van der Waals surface area contributed by atoms with Crippen molar-refractivity contribution in [2.75, 3.05) is 11.1 Å². The van der Waals surface area contributed by atoms with Crippen LogP contribution in [0, 0.1) is 17.0 Å². The molecular formula is C21H22N6O4S. The largest absolute Gasteiger partial charge is 0.342 e.